The number of methoxy groups -OCH3 is 1. The molecular weight excluding hydrogens is 458 g/mol. The number of carbonyl (C=O) groups excluding carboxylic acids is 2. The van der Waals surface area contributed by atoms with Crippen LogP contribution in [-0.2, 0) is 33.9 Å². The molecule has 2 amide bonds. The third-order valence-corrected chi connectivity index (χ3v) is 6.26. The lowest BCUT2D eigenvalue weighted by molar-refractivity contribution is -0.139. The first-order chi connectivity index (χ1) is 17.4. The normalized spacial score (nSPS) is 16.2. The van der Waals surface area contributed by atoms with Crippen LogP contribution in [-0.4, -0.2) is 75.8 Å². The van der Waals surface area contributed by atoms with Gasteiger partial charge in [0.2, 0.25) is 11.8 Å². The predicted molar refractivity (Wildman–Crippen MR) is 134 cm³/mol. The van der Waals surface area contributed by atoms with E-state index in [4.69, 9.17) is 9.47 Å². The maximum atomic E-state index is 13.2. The van der Waals surface area contributed by atoms with Crippen LogP contribution < -0.4 is 4.74 Å². The van der Waals surface area contributed by atoms with Crippen molar-refractivity contribution in [2.75, 3.05) is 33.3 Å². The molecule has 0 N–H and O–H groups in total. The van der Waals surface area contributed by atoms with Gasteiger partial charge in [0.15, 0.2) is 0 Å². The Kier molecular flexibility index (Phi) is 8.32. The van der Waals surface area contributed by atoms with Gasteiger partial charge in [-0.3, -0.25) is 9.59 Å². The molecule has 0 spiro atoms. The van der Waals surface area contributed by atoms with E-state index in [1.807, 2.05) is 49.4 Å². The van der Waals surface area contributed by atoms with Crippen LogP contribution in [0.2, 0.25) is 0 Å². The lowest BCUT2D eigenvalue weighted by atomic mass is 10.1. The molecule has 0 saturated carbocycles. The number of hydrogen-bond donors (Lipinski definition) is 0. The summed E-state index contributed by atoms with van der Waals surface area (Å²) in [7, 11) is 1.63. The van der Waals surface area contributed by atoms with E-state index in [0.29, 0.717) is 37.9 Å². The minimum atomic E-state index is -0.332. The molecule has 0 aliphatic carbocycles. The van der Waals surface area contributed by atoms with Crippen LogP contribution in [0.3, 0.4) is 0 Å². The molecule has 9 nitrogen and oxygen atoms in total. The third kappa shape index (κ3) is 6.69. The zero-order valence-corrected chi connectivity index (χ0v) is 21.1. The number of ether oxygens (including phenoxy) is 2. The highest BCUT2D eigenvalue weighted by atomic mass is 16.5. The van der Waals surface area contributed by atoms with Crippen LogP contribution in [0.25, 0.3) is 0 Å². The lowest BCUT2D eigenvalue weighted by Gasteiger charge is -2.25. The average molecular weight is 492 g/mol. The van der Waals surface area contributed by atoms with Crippen LogP contribution in [0.1, 0.15) is 22.8 Å². The highest BCUT2D eigenvalue weighted by Gasteiger charge is 2.31. The highest BCUT2D eigenvalue weighted by Crippen LogP contribution is 2.16. The fourth-order valence-electron chi connectivity index (χ4n) is 4.31. The second kappa shape index (κ2) is 11.8. The number of benzene rings is 2. The number of amides is 2. The Morgan fingerprint density at radius 3 is 2.56 bits per heavy atom. The predicted octanol–water partition coefficient (Wildman–Crippen LogP) is 2.40. The number of rotatable bonds is 9. The van der Waals surface area contributed by atoms with Crippen LogP contribution in [0.4, 0.5) is 0 Å². The Balaban J connectivity index is 1.47. The van der Waals surface area contributed by atoms with Gasteiger partial charge in [-0.1, -0.05) is 42.5 Å². The minimum Gasteiger partial charge on any atom is -0.497 e. The van der Waals surface area contributed by atoms with Gasteiger partial charge >= 0.3 is 0 Å². The molecule has 9 heteroatoms. The van der Waals surface area contributed by atoms with E-state index in [-0.39, 0.29) is 31.0 Å². The molecule has 36 heavy (non-hydrogen) atoms. The van der Waals surface area contributed by atoms with Crippen molar-refractivity contribution in [3.05, 3.63) is 77.4 Å². The summed E-state index contributed by atoms with van der Waals surface area (Å²) in [6.45, 7) is 5.30. The molecule has 1 atom stereocenters. The van der Waals surface area contributed by atoms with Crippen LogP contribution in [0.15, 0.2) is 54.6 Å². The number of carbonyl (C=O) groups is 2. The summed E-state index contributed by atoms with van der Waals surface area (Å²) in [5, 5.41) is 4.30. The van der Waals surface area contributed by atoms with E-state index in [9.17, 15) is 9.59 Å². The minimum absolute atomic E-state index is 0.0133. The Bertz CT molecular complexity index is 1180. The topological polar surface area (TPSA) is 89.8 Å². The van der Waals surface area contributed by atoms with Crippen LogP contribution >= 0.6 is 0 Å². The summed E-state index contributed by atoms with van der Waals surface area (Å²) >= 11 is 0. The van der Waals surface area contributed by atoms with Crippen LogP contribution in [0, 0.1) is 13.8 Å². The maximum Gasteiger partial charge on any atom is 0.244 e. The summed E-state index contributed by atoms with van der Waals surface area (Å²) in [6, 6.07) is 17.8. The molecule has 190 valence electrons. The maximum absolute atomic E-state index is 13.2. The smallest absolute Gasteiger partial charge is 0.244 e. The van der Waals surface area contributed by atoms with Crippen molar-refractivity contribution in [1.29, 1.82) is 0 Å². The van der Waals surface area contributed by atoms with Gasteiger partial charge in [0.05, 0.1) is 26.4 Å². The average Bonchev–Trinajstić information content (AvgIpc) is 3.10. The molecule has 0 unspecified atom stereocenters. The molecule has 3 aromatic rings. The Morgan fingerprint density at radius 2 is 1.83 bits per heavy atom. The zero-order chi connectivity index (χ0) is 25.5. The van der Waals surface area contributed by atoms with Crippen molar-refractivity contribution in [3.63, 3.8) is 0 Å². The van der Waals surface area contributed by atoms with Gasteiger partial charge < -0.3 is 19.3 Å². The van der Waals surface area contributed by atoms with E-state index < -0.39 is 0 Å². The molecule has 2 aromatic carbocycles. The number of hydrogen-bond acceptors (Lipinski definition) is 6. The largest absolute Gasteiger partial charge is 0.497 e. The molecule has 1 aliphatic heterocycles. The van der Waals surface area contributed by atoms with Crippen molar-refractivity contribution in [1.82, 2.24) is 24.6 Å². The second-order valence-corrected chi connectivity index (χ2v) is 9.00. The fraction of sp³-hybridized carbons (Fsp3) is 0.407. The van der Waals surface area contributed by atoms with Gasteiger partial charge in [0.25, 0.3) is 0 Å². The Morgan fingerprint density at radius 1 is 1.06 bits per heavy atom. The van der Waals surface area contributed by atoms with E-state index in [1.54, 1.807) is 28.5 Å². The van der Waals surface area contributed by atoms with E-state index in [0.717, 1.165) is 23.3 Å². The van der Waals surface area contributed by atoms with Crippen molar-refractivity contribution < 1.29 is 19.1 Å². The fourth-order valence-corrected chi connectivity index (χ4v) is 4.31. The first kappa shape index (κ1) is 25.4. The molecule has 1 saturated heterocycles. The molecule has 1 aromatic heterocycles. The van der Waals surface area contributed by atoms with E-state index in [2.05, 4.69) is 22.2 Å². The first-order valence-electron chi connectivity index (χ1n) is 12.1. The summed E-state index contributed by atoms with van der Waals surface area (Å²) in [6.07, 6.45) is 0.404. The summed E-state index contributed by atoms with van der Waals surface area (Å²) in [5.41, 5.74) is 2.13. The van der Waals surface area contributed by atoms with Gasteiger partial charge in [-0.2, -0.15) is 5.10 Å². The van der Waals surface area contributed by atoms with Gasteiger partial charge in [0.1, 0.15) is 23.9 Å². The Labute approximate surface area is 211 Å². The summed E-state index contributed by atoms with van der Waals surface area (Å²) in [5.74, 6) is 1.76. The number of aromatic nitrogens is 3. The molecule has 0 radical (unpaired) electrons. The SMILES string of the molecule is COc1cccc(CO[C@H]2CN(CCc3ccccc3)C(=O)CN(C(=O)Cn3nc(C)nc3C)C2)c1. The van der Waals surface area contributed by atoms with Crippen molar-refractivity contribution in [3.8, 4) is 5.75 Å². The van der Waals surface area contributed by atoms with Gasteiger partial charge in [-0.15, -0.1) is 0 Å². The third-order valence-electron chi connectivity index (χ3n) is 6.26. The second-order valence-electron chi connectivity index (χ2n) is 9.00. The van der Waals surface area contributed by atoms with Gasteiger partial charge in [0, 0.05) is 19.6 Å². The number of nitrogens with zero attached hydrogens (tertiary/aromatic N) is 5. The molecular formula is C27H33N5O4. The quantitative estimate of drug-likeness (QED) is 0.457. The van der Waals surface area contributed by atoms with Crippen molar-refractivity contribution >= 4 is 11.8 Å². The van der Waals surface area contributed by atoms with Crippen molar-refractivity contribution in [2.24, 2.45) is 0 Å². The van der Waals surface area contributed by atoms with Gasteiger partial charge in [-0.25, -0.2) is 9.67 Å². The van der Waals surface area contributed by atoms with Gasteiger partial charge in [-0.05, 0) is 43.5 Å². The van der Waals surface area contributed by atoms with E-state index in [1.165, 1.54) is 0 Å². The number of aryl methyl sites for hydroxylation is 2. The monoisotopic (exact) mass is 491 g/mol. The molecule has 0 bridgehead atoms. The standard InChI is InChI=1S/C27H33N5O4/c1-20-28-21(2)32(29-20)18-27(34)31-16-25(36-19-23-10-7-11-24(14-23)35-3)15-30(26(33)17-31)13-12-22-8-5-4-6-9-22/h4-11,14,25H,12-13,15-19H2,1-3H3/t25-/m0/s1. The Hall–Kier alpha value is -3.72. The summed E-state index contributed by atoms with van der Waals surface area (Å²) in [4.78, 5) is 34.1. The zero-order valence-electron chi connectivity index (χ0n) is 21.1. The molecule has 4 rings (SSSR count). The molecule has 2 heterocycles. The molecule has 1 aliphatic rings. The lowest BCUT2D eigenvalue weighted by Crippen LogP contribution is -2.41. The van der Waals surface area contributed by atoms with Crippen molar-refractivity contribution in [2.45, 2.75) is 39.5 Å². The summed E-state index contributed by atoms with van der Waals surface area (Å²) < 4.78 is 13.1. The first-order valence-corrected chi connectivity index (χ1v) is 12.1. The van der Waals surface area contributed by atoms with E-state index >= 15 is 0 Å². The van der Waals surface area contributed by atoms with Crippen LogP contribution in [0.5, 0.6) is 5.75 Å². The molecule has 1 fully saturated rings. The highest BCUT2D eigenvalue weighted by molar-refractivity contribution is 5.85.